The monoisotopic (exact) mass is 563 g/mol. The molecule has 1 aliphatic carbocycles. The topological polar surface area (TPSA) is 132 Å². The molecule has 0 unspecified atom stereocenters. The van der Waals surface area contributed by atoms with Gasteiger partial charge in [-0.2, -0.15) is 5.10 Å². The number of thiophene rings is 1. The number of aryl methyl sites for hydroxylation is 1. The summed E-state index contributed by atoms with van der Waals surface area (Å²) in [7, 11) is 0. The van der Waals surface area contributed by atoms with Gasteiger partial charge in [0.25, 0.3) is 0 Å². The summed E-state index contributed by atoms with van der Waals surface area (Å²) in [6.07, 6.45) is 4.80. The van der Waals surface area contributed by atoms with Crippen LogP contribution in [0.25, 0.3) is 0 Å². The quantitative estimate of drug-likeness (QED) is 0.129. The summed E-state index contributed by atoms with van der Waals surface area (Å²) < 4.78 is 16.3. The minimum absolute atomic E-state index is 0.202. The lowest BCUT2D eigenvalue weighted by Crippen LogP contribution is -2.32. The van der Waals surface area contributed by atoms with Crippen molar-refractivity contribution in [2.24, 2.45) is 5.10 Å². The van der Waals surface area contributed by atoms with Crippen LogP contribution in [0.1, 0.15) is 63.4 Å². The van der Waals surface area contributed by atoms with E-state index in [0.717, 1.165) is 36.1 Å². The maximum absolute atomic E-state index is 12.6. The number of hydrogen-bond acceptors (Lipinski definition) is 9. The van der Waals surface area contributed by atoms with Gasteiger partial charge in [-0.15, -0.1) is 11.3 Å². The van der Waals surface area contributed by atoms with Crippen LogP contribution >= 0.6 is 11.3 Å². The first kappa shape index (κ1) is 28.5. The van der Waals surface area contributed by atoms with Gasteiger partial charge in [-0.3, -0.25) is 9.59 Å². The lowest BCUT2D eigenvalue weighted by molar-refractivity contribution is -0.136. The van der Waals surface area contributed by atoms with Crippen molar-refractivity contribution in [3.05, 3.63) is 75.7 Å². The van der Waals surface area contributed by atoms with Gasteiger partial charge in [0.2, 0.25) is 0 Å². The highest BCUT2D eigenvalue weighted by Gasteiger charge is 2.28. The molecular formula is C29H29N3O7S. The van der Waals surface area contributed by atoms with Gasteiger partial charge < -0.3 is 19.5 Å². The van der Waals surface area contributed by atoms with Gasteiger partial charge in [0.15, 0.2) is 11.5 Å². The van der Waals surface area contributed by atoms with Crippen molar-refractivity contribution < 1.29 is 33.4 Å². The van der Waals surface area contributed by atoms with Crippen LogP contribution in [0.5, 0.6) is 11.5 Å². The van der Waals surface area contributed by atoms with Gasteiger partial charge in [-0.05, 0) is 81.0 Å². The molecule has 3 aromatic rings. The van der Waals surface area contributed by atoms with Crippen molar-refractivity contribution in [1.29, 1.82) is 0 Å². The van der Waals surface area contributed by atoms with Crippen LogP contribution in [0.3, 0.4) is 0 Å². The molecule has 4 rings (SSSR count). The Morgan fingerprint density at radius 2 is 1.70 bits per heavy atom. The minimum Gasteiger partial charge on any atom is -0.490 e. The molecule has 0 atom stereocenters. The second-order valence-corrected chi connectivity index (χ2v) is 9.79. The lowest BCUT2D eigenvalue weighted by Gasteiger charge is -2.12. The predicted molar refractivity (Wildman–Crippen MR) is 150 cm³/mol. The molecule has 0 bridgehead atoms. The number of benzene rings is 2. The molecule has 0 radical (unpaired) electrons. The molecule has 208 valence electrons. The molecule has 2 aromatic carbocycles. The van der Waals surface area contributed by atoms with Gasteiger partial charge in [0, 0.05) is 4.88 Å². The Balaban J connectivity index is 1.41. The van der Waals surface area contributed by atoms with Gasteiger partial charge in [-0.25, -0.2) is 15.0 Å². The Bertz CT molecular complexity index is 1430. The van der Waals surface area contributed by atoms with Gasteiger partial charge in [0.1, 0.15) is 5.00 Å². The molecule has 1 aromatic heterocycles. The molecule has 40 heavy (non-hydrogen) atoms. The number of rotatable bonds is 9. The highest BCUT2D eigenvalue weighted by atomic mass is 32.1. The number of hydrazone groups is 1. The van der Waals surface area contributed by atoms with Crippen LogP contribution in [0.15, 0.2) is 53.6 Å². The first-order valence-corrected chi connectivity index (χ1v) is 13.7. The zero-order chi connectivity index (χ0) is 28.5. The average Bonchev–Trinajstić information content (AvgIpc) is 3.32. The fourth-order valence-electron chi connectivity index (χ4n) is 4.14. The van der Waals surface area contributed by atoms with Crippen molar-refractivity contribution in [2.45, 2.75) is 39.5 Å². The zero-order valence-electron chi connectivity index (χ0n) is 22.2. The molecule has 2 N–H and O–H groups in total. The Hall–Kier alpha value is -4.51. The lowest BCUT2D eigenvalue weighted by atomic mass is 9.95. The molecule has 11 heteroatoms. The summed E-state index contributed by atoms with van der Waals surface area (Å²) in [5, 5.41) is 6.71. The summed E-state index contributed by atoms with van der Waals surface area (Å²) in [6.45, 7) is 4.03. The molecule has 1 heterocycles. The van der Waals surface area contributed by atoms with Crippen LogP contribution in [0.4, 0.5) is 5.00 Å². The molecule has 1 aliphatic rings. The molecule has 0 aliphatic heterocycles. The molecule has 2 amide bonds. The van der Waals surface area contributed by atoms with Crippen molar-refractivity contribution in [3.63, 3.8) is 0 Å². The second-order valence-electron chi connectivity index (χ2n) is 8.68. The maximum Gasteiger partial charge on any atom is 0.343 e. The Kier molecular flexibility index (Phi) is 9.63. The third-order valence-corrected chi connectivity index (χ3v) is 7.15. The highest BCUT2D eigenvalue weighted by Crippen LogP contribution is 2.38. The van der Waals surface area contributed by atoms with Crippen molar-refractivity contribution in [1.82, 2.24) is 5.43 Å². The van der Waals surface area contributed by atoms with Crippen LogP contribution in [0.2, 0.25) is 0 Å². The summed E-state index contributed by atoms with van der Waals surface area (Å²) in [5.41, 5.74) is 4.31. The number of fused-ring (bicyclic) bond motifs is 1. The first-order chi connectivity index (χ1) is 19.4. The van der Waals surface area contributed by atoms with E-state index in [0.29, 0.717) is 34.0 Å². The van der Waals surface area contributed by atoms with Crippen LogP contribution in [-0.4, -0.2) is 43.2 Å². The smallest absolute Gasteiger partial charge is 0.343 e. The molecule has 0 fully saturated rings. The fraction of sp³-hybridized carbons (Fsp3) is 0.276. The van der Waals surface area contributed by atoms with E-state index >= 15 is 0 Å². The van der Waals surface area contributed by atoms with E-state index in [-0.39, 0.29) is 12.4 Å². The normalized spacial score (nSPS) is 12.3. The number of ether oxygens (including phenoxy) is 3. The van der Waals surface area contributed by atoms with E-state index in [1.54, 1.807) is 62.4 Å². The largest absolute Gasteiger partial charge is 0.490 e. The standard InChI is InChI=1S/C29H29N3O7S/c1-3-37-22-16-18(14-15-21(22)39-28(35)19-10-6-5-7-11-19)17-30-32-26(34)25(33)31-27-24(29(36)38-4-2)20-12-8-9-13-23(20)40-27/h5-7,10-11,14-17H,3-4,8-9,12-13H2,1-2H3,(H,31,33)(H,32,34). The summed E-state index contributed by atoms with van der Waals surface area (Å²) >= 11 is 1.29. The number of amides is 2. The molecule has 0 saturated carbocycles. The van der Waals surface area contributed by atoms with Crippen LogP contribution in [-0.2, 0) is 27.2 Å². The van der Waals surface area contributed by atoms with Crippen LogP contribution < -0.4 is 20.2 Å². The van der Waals surface area contributed by atoms with Gasteiger partial charge >= 0.3 is 23.8 Å². The van der Waals surface area contributed by atoms with Gasteiger partial charge in [-0.1, -0.05) is 18.2 Å². The average molecular weight is 564 g/mol. The van der Waals surface area contributed by atoms with Crippen molar-refractivity contribution in [2.75, 3.05) is 18.5 Å². The number of nitrogens with zero attached hydrogens (tertiary/aromatic N) is 1. The number of anilines is 1. The number of hydrogen-bond donors (Lipinski definition) is 2. The number of nitrogens with one attached hydrogen (secondary N) is 2. The molecule has 0 spiro atoms. The fourth-order valence-corrected chi connectivity index (χ4v) is 5.41. The summed E-state index contributed by atoms with van der Waals surface area (Å²) in [6, 6.07) is 13.3. The summed E-state index contributed by atoms with van der Waals surface area (Å²) in [5.74, 6) is -2.46. The summed E-state index contributed by atoms with van der Waals surface area (Å²) in [4.78, 5) is 51.1. The Labute approximate surface area is 235 Å². The van der Waals surface area contributed by atoms with Crippen LogP contribution in [0, 0.1) is 0 Å². The number of esters is 2. The molecular weight excluding hydrogens is 534 g/mol. The zero-order valence-corrected chi connectivity index (χ0v) is 23.0. The van der Waals surface area contributed by atoms with Crippen molar-refractivity contribution in [3.8, 4) is 11.5 Å². The predicted octanol–water partition coefficient (Wildman–Crippen LogP) is 4.51. The molecule has 10 nitrogen and oxygen atoms in total. The van der Waals surface area contributed by atoms with E-state index in [1.807, 2.05) is 0 Å². The second kappa shape index (κ2) is 13.5. The SMILES string of the molecule is CCOC(=O)c1c(NC(=O)C(=O)NN=Cc2ccc(OC(=O)c3ccccc3)c(OCC)c2)sc2c1CCCC2. The third kappa shape index (κ3) is 6.92. The third-order valence-electron chi connectivity index (χ3n) is 5.94. The minimum atomic E-state index is -1.00. The Morgan fingerprint density at radius 1 is 0.925 bits per heavy atom. The van der Waals surface area contributed by atoms with E-state index in [1.165, 1.54) is 17.6 Å². The molecule has 0 saturated heterocycles. The number of carbonyl (C=O) groups is 4. The van der Waals surface area contributed by atoms with E-state index in [2.05, 4.69) is 15.8 Å². The van der Waals surface area contributed by atoms with E-state index < -0.39 is 23.8 Å². The highest BCUT2D eigenvalue weighted by molar-refractivity contribution is 7.17. The van der Waals surface area contributed by atoms with Crippen molar-refractivity contribution >= 4 is 46.3 Å². The first-order valence-electron chi connectivity index (χ1n) is 12.9. The van der Waals surface area contributed by atoms with E-state index in [4.69, 9.17) is 14.2 Å². The Morgan fingerprint density at radius 3 is 2.45 bits per heavy atom. The van der Waals surface area contributed by atoms with Gasteiger partial charge in [0.05, 0.1) is 30.6 Å². The maximum atomic E-state index is 12.6. The van der Waals surface area contributed by atoms with E-state index in [9.17, 15) is 19.2 Å². The number of carbonyl (C=O) groups excluding carboxylic acids is 4.